The highest BCUT2D eigenvalue weighted by Gasteiger charge is 2.34. The van der Waals surface area contributed by atoms with Crippen LogP contribution < -0.4 is 9.64 Å². The topological polar surface area (TPSA) is 90.0 Å². The number of methoxy groups -OCH3 is 1. The van der Waals surface area contributed by atoms with Crippen LogP contribution in [0.4, 0.5) is 5.69 Å². The van der Waals surface area contributed by atoms with E-state index < -0.39 is 21.9 Å². The Labute approximate surface area is 151 Å². The second-order valence-corrected chi connectivity index (χ2v) is 7.83. The number of sulfone groups is 1. The van der Waals surface area contributed by atoms with Gasteiger partial charge in [0.15, 0.2) is 9.84 Å². The van der Waals surface area contributed by atoms with Crippen LogP contribution in [-0.2, 0) is 19.4 Å². The molecule has 2 aromatic rings. The van der Waals surface area contributed by atoms with Crippen LogP contribution in [0.5, 0.6) is 5.75 Å². The van der Waals surface area contributed by atoms with Gasteiger partial charge >= 0.3 is 5.97 Å². The Morgan fingerprint density at radius 1 is 1.12 bits per heavy atom. The third-order valence-electron chi connectivity index (χ3n) is 4.01. The van der Waals surface area contributed by atoms with Crippen LogP contribution >= 0.6 is 0 Å². The Balaban J connectivity index is 1.96. The smallest absolute Gasteiger partial charge is 0.348 e. The van der Waals surface area contributed by atoms with Gasteiger partial charge in [0.1, 0.15) is 5.75 Å². The Morgan fingerprint density at radius 2 is 1.77 bits per heavy atom. The average Bonchev–Trinajstić information content (AvgIpc) is 2.65. The molecular formula is C18H17NO6S. The first-order valence-electron chi connectivity index (χ1n) is 7.77. The Morgan fingerprint density at radius 3 is 2.38 bits per heavy atom. The average molecular weight is 375 g/mol. The van der Waals surface area contributed by atoms with Crippen molar-refractivity contribution in [3.63, 3.8) is 0 Å². The molecule has 0 N–H and O–H groups in total. The van der Waals surface area contributed by atoms with E-state index in [1.807, 2.05) is 0 Å². The van der Waals surface area contributed by atoms with Crippen LogP contribution in [0, 0.1) is 0 Å². The lowest BCUT2D eigenvalue weighted by Crippen LogP contribution is -2.47. The minimum absolute atomic E-state index is 0.00362. The molecule has 0 aliphatic carbocycles. The normalized spacial score (nSPS) is 16.4. The van der Waals surface area contributed by atoms with Gasteiger partial charge < -0.3 is 14.4 Å². The summed E-state index contributed by atoms with van der Waals surface area (Å²) in [4.78, 5) is 26.4. The molecule has 3 rings (SSSR count). The molecule has 1 heterocycles. The summed E-state index contributed by atoms with van der Waals surface area (Å²) in [6.07, 6.45) is 0.164. The first-order chi connectivity index (χ1) is 12.3. The van der Waals surface area contributed by atoms with Gasteiger partial charge in [0.2, 0.25) is 6.10 Å². The third kappa shape index (κ3) is 3.41. The van der Waals surface area contributed by atoms with E-state index in [0.29, 0.717) is 17.0 Å². The van der Waals surface area contributed by atoms with Gasteiger partial charge in [-0.3, -0.25) is 4.79 Å². The van der Waals surface area contributed by atoms with E-state index in [0.717, 1.165) is 6.26 Å². The molecule has 0 spiro atoms. The number of ether oxygens (including phenoxy) is 2. The number of para-hydroxylation sites is 2. The van der Waals surface area contributed by atoms with Crippen LogP contribution in [0.25, 0.3) is 0 Å². The predicted octanol–water partition coefficient (Wildman–Crippen LogP) is 1.67. The van der Waals surface area contributed by atoms with Gasteiger partial charge in [-0.05, 0) is 36.4 Å². The van der Waals surface area contributed by atoms with Crippen LogP contribution in [0.1, 0.15) is 10.4 Å². The minimum Gasteiger partial charge on any atom is -0.475 e. The summed E-state index contributed by atoms with van der Waals surface area (Å²) < 4.78 is 33.5. The lowest BCUT2D eigenvalue weighted by molar-refractivity contribution is -0.148. The lowest BCUT2D eigenvalue weighted by atomic mass is 10.1. The van der Waals surface area contributed by atoms with Crippen molar-refractivity contribution < 1.29 is 27.5 Å². The molecule has 136 valence electrons. The van der Waals surface area contributed by atoms with E-state index >= 15 is 0 Å². The van der Waals surface area contributed by atoms with E-state index in [2.05, 4.69) is 0 Å². The number of anilines is 1. The summed E-state index contributed by atoms with van der Waals surface area (Å²) >= 11 is 0. The fourth-order valence-corrected chi connectivity index (χ4v) is 3.31. The quantitative estimate of drug-likeness (QED) is 0.758. The van der Waals surface area contributed by atoms with Crippen molar-refractivity contribution in [3.05, 3.63) is 54.1 Å². The zero-order chi connectivity index (χ0) is 18.9. The summed E-state index contributed by atoms with van der Waals surface area (Å²) in [6, 6.07) is 12.5. The maximum atomic E-state index is 12.9. The zero-order valence-electron chi connectivity index (χ0n) is 14.2. The van der Waals surface area contributed by atoms with E-state index in [-0.39, 0.29) is 17.3 Å². The molecule has 0 unspecified atom stereocenters. The SMILES string of the molecule is COC(=O)[C@@H]1CN(C(=O)c2ccc(S(C)(=O)=O)cc2)c2ccccc2O1. The number of rotatable bonds is 3. The van der Waals surface area contributed by atoms with Gasteiger partial charge in [-0.2, -0.15) is 0 Å². The second kappa shape index (κ2) is 6.80. The van der Waals surface area contributed by atoms with Crippen molar-refractivity contribution in [3.8, 4) is 5.75 Å². The van der Waals surface area contributed by atoms with Crippen LogP contribution in [0.2, 0.25) is 0 Å². The number of carbonyl (C=O) groups excluding carboxylic acids is 2. The molecule has 1 atom stereocenters. The summed E-state index contributed by atoms with van der Waals surface area (Å²) in [7, 11) is -2.10. The van der Waals surface area contributed by atoms with Gasteiger partial charge in [0.25, 0.3) is 5.91 Å². The van der Waals surface area contributed by atoms with Crippen molar-refractivity contribution in [1.82, 2.24) is 0 Å². The first-order valence-corrected chi connectivity index (χ1v) is 9.66. The molecule has 26 heavy (non-hydrogen) atoms. The van der Waals surface area contributed by atoms with Crippen molar-refractivity contribution in [2.24, 2.45) is 0 Å². The maximum absolute atomic E-state index is 12.9. The molecule has 0 saturated carbocycles. The summed E-state index contributed by atoms with van der Waals surface area (Å²) in [5.41, 5.74) is 0.836. The highest BCUT2D eigenvalue weighted by atomic mass is 32.2. The molecule has 0 saturated heterocycles. The van der Waals surface area contributed by atoms with Gasteiger partial charge in [-0.15, -0.1) is 0 Å². The number of amides is 1. The summed E-state index contributed by atoms with van der Waals surface area (Å²) in [5, 5.41) is 0. The van der Waals surface area contributed by atoms with Crippen molar-refractivity contribution in [2.45, 2.75) is 11.0 Å². The Kier molecular flexibility index (Phi) is 4.69. The molecular weight excluding hydrogens is 358 g/mol. The number of esters is 1. The molecule has 1 amide bonds. The molecule has 2 aromatic carbocycles. The molecule has 0 fully saturated rings. The van der Waals surface area contributed by atoms with E-state index in [1.165, 1.54) is 36.3 Å². The maximum Gasteiger partial charge on any atom is 0.348 e. The summed E-state index contributed by atoms with van der Waals surface area (Å²) in [5.74, 6) is -0.547. The fraction of sp³-hybridized carbons (Fsp3) is 0.222. The van der Waals surface area contributed by atoms with Gasteiger partial charge in [-0.1, -0.05) is 12.1 Å². The number of hydrogen-bond donors (Lipinski definition) is 0. The van der Waals surface area contributed by atoms with E-state index in [4.69, 9.17) is 9.47 Å². The van der Waals surface area contributed by atoms with Gasteiger partial charge in [-0.25, -0.2) is 13.2 Å². The van der Waals surface area contributed by atoms with Crippen LogP contribution in [0.15, 0.2) is 53.4 Å². The third-order valence-corrected chi connectivity index (χ3v) is 5.14. The monoisotopic (exact) mass is 375 g/mol. The largest absolute Gasteiger partial charge is 0.475 e. The highest BCUT2D eigenvalue weighted by Crippen LogP contribution is 2.34. The first kappa shape index (κ1) is 17.9. The second-order valence-electron chi connectivity index (χ2n) is 5.81. The van der Waals surface area contributed by atoms with E-state index in [9.17, 15) is 18.0 Å². The molecule has 0 radical (unpaired) electrons. The number of carbonyl (C=O) groups is 2. The molecule has 0 bridgehead atoms. The molecule has 7 nitrogen and oxygen atoms in total. The number of nitrogens with zero attached hydrogens (tertiary/aromatic N) is 1. The van der Waals surface area contributed by atoms with Crippen molar-refractivity contribution >= 4 is 27.4 Å². The van der Waals surface area contributed by atoms with Gasteiger partial charge in [0.05, 0.1) is 24.2 Å². The fourth-order valence-electron chi connectivity index (χ4n) is 2.68. The highest BCUT2D eigenvalue weighted by molar-refractivity contribution is 7.90. The molecule has 1 aliphatic rings. The van der Waals surface area contributed by atoms with E-state index in [1.54, 1.807) is 24.3 Å². The number of hydrogen-bond acceptors (Lipinski definition) is 6. The van der Waals surface area contributed by atoms with Crippen molar-refractivity contribution in [2.75, 3.05) is 24.8 Å². The summed E-state index contributed by atoms with van der Waals surface area (Å²) in [6.45, 7) is -0.00362. The minimum atomic E-state index is -3.35. The number of benzene rings is 2. The van der Waals surface area contributed by atoms with Crippen molar-refractivity contribution in [1.29, 1.82) is 0 Å². The standard InChI is InChI=1S/C18H17NO6S/c1-24-18(21)16-11-19(14-5-3-4-6-15(14)25-16)17(20)12-7-9-13(10-8-12)26(2,22)23/h3-10,16H,11H2,1-2H3/t16-/m0/s1. The molecule has 1 aliphatic heterocycles. The molecule has 0 aromatic heterocycles. The van der Waals surface area contributed by atoms with Gasteiger partial charge in [0, 0.05) is 11.8 Å². The van der Waals surface area contributed by atoms with Crippen LogP contribution in [-0.4, -0.2) is 46.3 Å². The van der Waals surface area contributed by atoms with Crippen LogP contribution in [0.3, 0.4) is 0 Å². The Bertz CT molecular complexity index is 952. The predicted molar refractivity (Wildman–Crippen MR) is 94.1 cm³/mol. The zero-order valence-corrected chi connectivity index (χ0v) is 15.0. The lowest BCUT2D eigenvalue weighted by Gasteiger charge is -2.33. The Hall–Kier alpha value is -2.87. The number of fused-ring (bicyclic) bond motifs is 1. The molecule has 8 heteroatoms.